The summed E-state index contributed by atoms with van der Waals surface area (Å²) in [7, 11) is 6.82. The number of rotatable bonds is 14. The smallest absolute Gasteiger partial charge is 0.129 e. The predicted octanol–water partition coefficient (Wildman–Crippen LogP) is 4.96. The fraction of sp³-hybridized carbons (Fsp3) is 0.944. The number of hydrogen-bond donors (Lipinski definition) is 0. The molecule has 0 heterocycles. The molecule has 0 rings (SSSR count). The zero-order valence-electron chi connectivity index (χ0n) is 14.5. The second kappa shape index (κ2) is 12.4. The molecule has 0 aromatic rings. The topological polar surface area (TPSA) is 17.1 Å². The van der Waals surface area contributed by atoms with Gasteiger partial charge in [-0.3, -0.25) is 0 Å². The van der Waals surface area contributed by atoms with Gasteiger partial charge in [0, 0.05) is 6.42 Å². The lowest BCUT2D eigenvalue weighted by Crippen LogP contribution is -2.35. The summed E-state index contributed by atoms with van der Waals surface area (Å²) in [4.78, 5) is 10.8. The lowest BCUT2D eigenvalue weighted by molar-refractivity contribution is -0.870. The minimum atomic E-state index is 0.343. The lowest BCUT2D eigenvalue weighted by atomic mass is 10.0. The number of ketones is 1. The molecule has 0 aromatic heterocycles. The van der Waals surface area contributed by atoms with Crippen molar-refractivity contribution in [1.29, 1.82) is 0 Å². The Morgan fingerprint density at radius 2 is 1.00 bits per heavy atom. The first-order valence-electron chi connectivity index (χ1n) is 8.72. The van der Waals surface area contributed by atoms with Gasteiger partial charge in [-0.25, -0.2) is 0 Å². The molecule has 0 N–H and O–H groups in total. The van der Waals surface area contributed by atoms with Crippen LogP contribution in [0.25, 0.3) is 0 Å². The molecule has 2 nitrogen and oxygen atoms in total. The molecule has 0 radical (unpaired) electrons. The molecule has 2 heteroatoms. The van der Waals surface area contributed by atoms with Crippen molar-refractivity contribution in [1.82, 2.24) is 0 Å². The highest BCUT2D eigenvalue weighted by atomic mass is 16.1. The third-order valence-corrected chi connectivity index (χ3v) is 3.86. The van der Waals surface area contributed by atoms with Gasteiger partial charge in [0.1, 0.15) is 5.78 Å². The second-order valence-electron chi connectivity index (χ2n) is 7.36. The van der Waals surface area contributed by atoms with Crippen LogP contribution in [0.5, 0.6) is 0 Å². The Morgan fingerprint density at radius 3 is 1.35 bits per heavy atom. The monoisotopic (exact) mass is 284 g/mol. The molecule has 20 heavy (non-hydrogen) atoms. The predicted molar refractivity (Wildman–Crippen MR) is 89.0 cm³/mol. The Bertz CT molecular complexity index is 230. The molecule has 0 fully saturated rings. The van der Waals surface area contributed by atoms with E-state index in [1.807, 2.05) is 0 Å². The van der Waals surface area contributed by atoms with Crippen LogP contribution in [0.1, 0.15) is 84.0 Å². The van der Waals surface area contributed by atoms with Crippen LogP contribution in [0.4, 0.5) is 0 Å². The molecule has 0 bridgehead atoms. The minimum absolute atomic E-state index is 0.343. The fourth-order valence-corrected chi connectivity index (χ4v) is 2.55. The summed E-state index contributed by atoms with van der Waals surface area (Å²) in [6, 6.07) is 0. The molecule has 0 saturated heterocycles. The Hall–Kier alpha value is -0.370. The maximum Gasteiger partial charge on any atom is 0.129 e. The normalized spacial score (nSPS) is 11.8. The van der Waals surface area contributed by atoms with E-state index in [9.17, 15) is 4.79 Å². The first-order valence-corrected chi connectivity index (χ1v) is 8.72. The van der Waals surface area contributed by atoms with E-state index in [1.165, 1.54) is 70.8 Å². The van der Waals surface area contributed by atoms with Gasteiger partial charge < -0.3 is 9.28 Å². The molecule has 0 aliphatic carbocycles. The van der Waals surface area contributed by atoms with E-state index in [0.717, 1.165) is 17.3 Å². The van der Waals surface area contributed by atoms with E-state index in [-0.39, 0.29) is 0 Å². The van der Waals surface area contributed by atoms with Crippen LogP contribution in [0.3, 0.4) is 0 Å². The van der Waals surface area contributed by atoms with Crippen molar-refractivity contribution in [3.8, 4) is 0 Å². The van der Waals surface area contributed by atoms with Crippen LogP contribution < -0.4 is 0 Å². The average Bonchev–Trinajstić information content (AvgIpc) is 2.33. The van der Waals surface area contributed by atoms with Crippen LogP contribution in [-0.4, -0.2) is 38.0 Å². The number of quaternary nitrogens is 1. The van der Waals surface area contributed by atoms with Gasteiger partial charge in [0.25, 0.3) is 0 Å². The summed E-state index contributed by atoms with van der Waals surface area (Å²) < 4.78 is 1.10. The summed E-state index contributed by atoms with van der Waals surface area (Å²) in [5.74, 6) is 0.343. The van der Waals surface area contributed by atoms with Crippen LogP contribution in [0, 0.1) is 0 Å². The zero-order valence-corrected chi connectivity index (χ0v) is 14.5. The highest BCUT2D eigenvalue weighted by Gasteiger charge is 2.04. The van der Waals surface area contributed by atoms with Crippen molar-refractivity contribution in [3.63, 3.8) is 0 Å². The van der Waals surface area contributed by atoms with Gasteiger partial charge in [-0.1, -0.05) is 51.4 Å². The summed E-state index contributed by atoms with van der Waals surface area (Å²) in [5.41, 5.74) is 0. The third-order valence-electron chi connectivity index (χ3n) is 3.86. The van der Waals surface area contributed by atoms with Crippen LogP contribution >= 0.6 is 0 Å². The molecule has 0 unspecified atom stereocenters. The molecular weight excluding hydrogens is 246 g/mol. The van der Waals surface area contributed by atoms with Gasteiger partial charge >= 0.3 is 0 Å². The number of Topliss-reactive ketones (excluding diaryl/α,β-unsaturated/α-hetero) is 1. The molecule has 0 amide bonds. The van der Waals surface area contributed by atoms with E-state index in [4.69, 9.17) is 0 Å². The van der Waals surface area contributed by atoms with E-state index < -0.39 is 0 Å². The van der Waals surface area contributed by atoms with Gasteiger partial charge in [0.15, 0.2) is 0 Å². The average molecular weight is 285 g/mol. The van der Waals surface area contributed by atoms with Gasteiger partial charge in [0.05, 0.1) is 27.7 Å². The van der Waals surface area contributed by atoms with Gasteiger partial charge in [-0.2, -0.15) is 0 Å². The van der Waals surface area contributed by atoms with Crippen molar-refractivity contribution < 1.29 is 9.28 Å². The van der Waals surface area contributed by atoms with Crippen molar-refractivity contribution >= 4 is 5.78 Å². The molecular formula is C18H38NO+. The zero-order chi connectivity index (χ0) is 15.3. The van der Waals surface area contributed by atoms with E-state index >= 15 is 0 Å². The van der Waals surface area contributed by atoms with Crippen molar-refractivity contribution in [2.45, 2.75) is 84.0 Å². The first-order chi connectivity index (χ1) is 9.42. The highest BCUT2D eigenvalue weighted by molar-refractivity contribution is 5.75. The maximum atomic E-state index is 10.8. The number of unbranched alkanes of at least 4 members (excludes halogenated alkanes) is 10. The Morgan fingerprint density at radius 1 is 0.650 bits per heavy atom. The second-order valence-corrected chi connectivity index (χ2v) is 7.36. The Labute approximate surface area is 127 Å². The molecule has 120 valence electrons. The van der Waals surface area contributed by atoms with Crippen molar-refractivity contribution in [2.24, 2.45) is 0 Å². The standard InChI is InChI=1S/C18H38NO/c1-18(20)16-14-12-10-8-6-5-7-9-11-13-15-17-19(2,3)4/h5-17H2,1-4H3/q+1. The van der Waals surface area contributed by atoms with Crippen LogP contribution in [0.15, 0.2) is 0 Å². The number of hydrogen-bond acceptors (Lipinski definition) is 1. The molecule has 0 aromatic carbocycles. The van der Waals surface area contributed by atoms with Crippen LogP contribution in [-0.2, 0) is 4.79 Å². The van der Waals surface area contributed by atoms with Crippen molar-refractivity contribution in [2.75, 3.05) is 27.7 Å². The van der Waals surface area contributed by atoms with Crippen molar-refractivity contribution in [3.05, 3.63) is 0 Å². The minimum Gasteiger partial charge on any atom is -0.331 e. The highest BCUT2D eigenvalue weighted by Crippen LogP contribution is 2.12. The van der Waals surface area contributed by atoms with Crippen LogP contribution in [0.2, 0.25) is 0 Å². The summed E-state index contributed by atoms with van der Waals surface area (Å²) in [5, 5.41) is 0. The molecule has 0 aliphatic heterocycles. The molecule has 0 atom stereocenters. The summed E-state index contributed by atoms with van der Waals surface area (Å²) in [6.45, 7) is 3.00. The van der Waals surface area contributed by atoms with Gasteiger partial charge in [0.2, 0.25) is 0 Å². The van der Waals surface area contributed by atoms with Gasteiger partial charge in [-0.15, -0.1) is 0 Å². The molecule has 0 spiro atoms. The third kappa shape index (κ3) is 17.6. The quantitative estimate of drug-likeness (QED) is 0.325. The van der Waals surface area contributed by atoms with E-state index in [2.05, 4.69) is 21.1 Å². The SMILES string of the molecule is CC(=O)CCCCCCCCCCCCC[N+](C)(C)C. The Kier molecular flexibility index (Phi) is 12.1. The summed E-state index contributed by atoms with van der Waals surface area (Å²) in [6.07, 6.45) is 15.6. The van der Waals surface area contributed by atoms with E-state index in [1.54, 1.807) is 6.92 Å². The molecule has 0 saturated carbocycles. The Balaban J connectivity index is 3.05. The maximum absolute atomic E-state index is 10.8. The number of carbonyl (C=O) groups is 1. The van der Waals surface area contributed by atoms with E-state index in [0.29, 0.717) is 5.78 Å². The van der Waals surface area contributed by atoms with Gasteiger partial charge in [-0.05, 0) is 26.2 Å². The number of nitrogens with zero attached hydrogens (tertiary/aromatic N) is 1. The number of carbonyl (C=O) groups excluding carboxylic acids is 1. The molecule has 0 aliphatic rings. The largest absolute Gasteiger partial charge is 0.331 e. The lowest BCUT2D eigenvalue weighted by Gasteiger charge is -2.23. The fourth-order valence-electron chi connectivity index (χ4n) is 2.55. The summed E-state index contributed by atoms with van der Waals surface area (Å²) >= 11 is 0. The first kappa shape index (κ1) is 19.6.